The topological polar surface area (TPSA) is 80.6 Å². The van der Waals surface area contributed by atoms with Crippen LogP contribution in [0.4, 0.5) is 0 Å². The first-order valence-electron chi connectivity index (χ1n) is 7.48. The first-order chi connectivity index (χ1) is 11.2. The zero-order valence-electron chi connectivity index (χ0n) is 13.1. The van der Waals surface area contributed by atoms with Crippen molar-refractivity contribution in [3.63, 3.8) is 0 Å². The number of methoxy groups -OCH3 is 1. The van der Waals surface area contributed by atoms with E-state index in [9.17, 15) is 4.79 Å². The van der Waals surface area contributed by atoms with Crippen LogP contribution in [0.1, 0.15) is 18.4 Å². The molecule has 0 radical (unpaired) electrons. The van der Waals surface area contributed by atoms with E-state index in [4.69, 9.17) is 19.5 Å². The number of rotatable bonds is 7. The number of hydrogen-bond acceptors (Lipinski definition) is 5. The lowest BCUT2D eigenvalue weighted by molar-refractivity contribution is -0.116. The van der Waals surface area contributed by atoms with Gasteiger partial charge in [0.25, 0.3) is 0 Å². The highest BCUT2D eigenvalue weighted by Crippen LogP contribution is 2.28. The summed E-state index contributed by atoms with van der Waals surface area (Å²) in [6.07, 6.45) is 5.34. The Morgan fingerprint density at radius 3 is 3.09 bits per heavy atom. The molecule has 1 saturated heterocycles. The van der Waals surface area contributed by atoms with Gasteiger partial charge in [-0.2, -0.15) is 5.26 Å². The summed E-state index contributed by atoms with van der Waals surface area (Å²) in [6.45, 7) is 1.26. The molecule has 1 amide bonds. The number of benzene rings is 1. The number of nitrogens with zero attached hydrogens (tertiary/aromatic N) is 1. The highest BCUT2D eigenvalue weighted by molar-refractivity contribution is 5.91. The van der Waals surface area contributed by atoms with Crippen LogP contribution in [0.15, 0.2) is 24.3 Å². The SMILES string of the molecule is COc1cc(/C=C/C(=O)NCC2CCCO2)ccc1OCC#N. The van der Waals surface area contributed by atoms with Gasteiger partial charge in [-0.05, 0) is 36.6 Å². The molecule has 0 bridgehead atoms. The Kier molecular flexibility index (Phi) is 6.45. The van der Waals surface area contributed by atoms with Crippen molar-refractivity contribution in [2.45, 2.75) is 18.9 Å². The number of ether oxygens (including phenoxy) is 3. The van der Waals surface area contributed by atoms with Gasteiger partial charge in [0, 0.05) is 19.2 Å². The summed E-state index contributed by atoms with van der Waals surface area (Å²) in [5.74, 6) is 0.848. The molecule has 0 aliphatic carbocycles. The van der Waals surface area contributed by atoms with E-state index < -0.39 is 0 Å². The highest BCUT2D eigenvalue weighted by Gasteiger charge is 2.15. The Morgan fingerprint density at radius 2 is 2.39 bits per heavy atom. The van der Waals surface area contributed by atoms with Crippen molar-refractivity contribution in [3.05, 3.63) is 29.8 Å². The molecule has 6 heteroatoms. The molecule has 1 atom stereocenters. The third-order valence-electron chi connectivity index (χ3n) is 3.44. The van der Waals surface area contributed by atoms with Gasteiger partial charge < -0.3 is 19.5 Å². The molecule has 122 valence electrons. The van der Waals surface area contributed by atoms with E-state index >= 15 is 0 Å². The number of nitriles is 1. The molecule has 0 spiro atoms. The molecule has 23 heavy (non-hydrogen) atoms. The van der Waals surface area contributed by atoms with Crippen LogP contribution in [0.5, 0.6) is 11.5 Å². The molecular formula is C17H20N2O4. The van der Waals surface area contributed by atoms with E-state index in [0.717, 1.165) is 25.0 Å². The van der Waals surface area contributed by atoms with E-state index in [1.165, 1.54) is 13.2 Å². The number of amides is 1. The molecule has 6 nitrogen and oxygen atoms in total. The smallest absolute Gasteiger partial charge is 0.244 e. The van der Waals surface area contributed by atoms with Crippen molar-refractivity contribution < 1.29 is 19.0 Å². The van der Waals surface area contributed by atoms with Crippen LogP contribution in [-0.2, 0) is 9.53 Å². The molecule has 1 aromatic carbocycles. The largest absolute Gasteiger partial charge is 0.493 e. The summed E-state index contributed by atoms with van der Waals surface area (Å²) in [5, 5.41) is 11.4. The molecular weight excluding hydrogens is 296 g/mol. The van der Waals surface area contributed by atoms with Crippen molar-refractivity contribution in [1.29, 1.82) is 5.26 Å². The van der Waals surface area contributed by atoms with Crippen LogP contribution < -0.4 is 14.8 Å². The zero-order valence-corrected chi connectivity index (χ0v) is 13.1. The lowest BCUT2D eigenvalue weighted by Gasteiger charge is -2.09. The molecule has 1 heterocycles. The minimum absolute atomic E-state index is 0.0445. The van der Waals surface area contributed by atoms with E-state index in [0.29, 0.717) is 18.0 Å². The van der Waals surface area contributed by atoms with Crippen LogP contribution >= 0.6 is 0 Å². The van der Waals surface area contributed by atoms with Gasteiger partial charge in [-0.15, -0.1) is 0 Å². The first kappa shape index (κ1) is 16.8. The van der Waals surface area contributed by atoms with Crippen molar-refractivity contribution in [2.24, 2.45) is 0 Å². The lowest BCUT2D eigenvalue weighted by Crippen LogP contribution is -2.30. The summed E-state index contributed by atoms with van der Waals surface area (Å²) in [6, 6.07) is 7.15. The number of hydrogen-bond donors (Lipinski definition) is 1. The Hall–Kier alpha value is -2.52. The second-order valence-corrected chi connectivity index (χ2v) is 5.07. The van der Waals surface area contributed by atoms with Crippen LogP contribution in [0, 0.1) is 11.3 Å². The maximum Gasteiger partial charge on any atom is 0.244 e. The Bertz CT molecular complexity index is 601. The van der Waals surface area contributed by atoms with Crippen molar-refractivity contribution in [3.8, 4) is 17.6 Å². The van der Waals surface area contributed by atoms with Gasteiger partial charge in [0.15, 0.2) is 18.1 Å². The minimum atomic E-state index is -0.163. The van der Waals surface area contributed by atoms with Crippen LogP contribution in [0.25, 0.3) is 6.08 Å². The molecule has 1 aliphatic heterocycles. The summed E-state index contributed by atoms with van der Waals surface area (Å²) in [5.41, 5.74) is 0.804. The van der Waals surface area contributed by atoms with E-state index in [2.05, 4.69) is 5.32 Å². The molecule has 1 aliphatic rings. The molecule has 1 N–H and O–H groups in total. The van der Waals surface area contributed by atoms with Crippen LogP contribution in [-0.4, -0.2) is 38.9 Å². The number of carbonyl (C=O) groups is 1. The quantitative estimate of drug-likeness (QED) is 0.777. The third-order valence-corrected chi connectivity index (χ3v) is 3.44. The monoisotopic (exact) mass is 316 g/mol. The van der Waals surface area contributed by atoms with Crippen LogP contribution in [0.3, 0.4) is 0 Å². The van der Waals surface area contributed by atoms with E-state index in [-0.39, 0.29) is 18.6 Å². The molecule has 1 unspecified atom stereocenters. The molecule has 1 fully saturated rings. The van der Waals surface area contributed by atoms with Crippen molar-refractivity contribution in [1.82, 2.24) is 5.32 Å². The van der Waals surface area contributed by atoms with Gasteiger partial charge in [0.05, 0.1) is 13.2 Å². The lowest BCUT2D eigenvalue weighted by atomic mass is 10.2. The first-order valence-corrected chi connectivity index (χ1v) is 7.48. The van der Waals surface area contributed by atoms with Gasteiger partial charge in [0.1, 0.15) is 6.07 Å². The minimum Gasteiger partial charge on any atom is -0.493 e. The maximum atomic E-state index is 11.8. The molecule has 0 aromatic heterocycles. The zero-order chi connectivity index (χ0) is 16.5. The van der Waals surface area contributed by atoms with Gasteiger partial charge in [-0.1, -0.05) is 6.07 Å². The number of carbonyl (C=O) groups excluding carboxylic acids is 1. The Labute approximate surface area is 135 Å². The Morgan fingerprint density at radius 1 is 1.52 bits per heavy atom. The fourth-order valence-electron chi connectivity index (χ4n) is 2.27. The second kappa shape index (κ2) is 8.81. The number of nitrogens with one attached hydrogen (secondary N) is 1. The Balaban J connectivity index is 1.90. The second-order valence-electron chi connectivity index (χ2n) is 5.07. The standard InChI is InChI=1S/C17H20N2O4/c1-21-16-11-13(4-6-15(16)23-10-8-18)5-7-17(20)19-12-14-3-2-9-22-14/h4-7,11,14H,2-3,9-10,12H2,1H3,(H,19,20)/b7-5+. The summed E-state index contributed by atoms with van der Waals surface area (Å²) < 4.78 is 15.9. The van der Waals surface area contributed by atoms with Crippen LogP contribution in [0.2, 0.25) is 0 Å². The predicted molar refractivity (Wildman–Crippen MR) is 85.1 cm³/mol. The normalized spacial score (nSPS) is 17.0. The van der Waals surface area contributed by atoms with E-state index in [1.807, 2.05) is 6.07 Å². The van der Waals surface area contributed by atoms with Crippen molar-refractivity contribution >= 4 is 12.0 Å². The molecule has 1 aromatic rings. The summed E-state index contributed by atoms with van der Waals surface area (Å²) in [4.78, 5) is 11.8. The van der Waals surface area contributed by atoms with Gasteiger partial charge in [-0.25, -0.2) is 0 Å². The summed E-state index contributed by atoms with van der Waals surface area (Å²) >= 11 is 0. The fraction of sp³-hybridized carbons (Fsp3) is 0.412. The fourth-order valence-corrected chi connectivity index (χ4v) is 2.27. The van der Waals surface area contributed by atoms with Gasteiger partial charge in [-0.3, -0.25) is 4.79 Å². The highest BCUT2D eigenvalue weighted by atomic mass is 16.5. The maximum absolute atomic E-state index is 11.8. The van der Waals surface area contributed by atoms with Crippen molar-refractivity contribution in [2.75, 3.05) is 26.9 Å². The summed E-state index contributed by atoms with van der Waals surface area (Å²) in [7, 11) is 1.52. The third kappa shape index (κ3) is 5.31. The molecule has 0 saturated carbocycles. The van der Waals surface area contributed by atoms with Gasteiger partial charge >= 0.3 is 0 Å². The van der Waals surface area contributed by atoms with Gasteiger partial charge in [0.2, 0.25) is 5.91 Å². The van der Waals surface area contributed by atoms with E-state index in [1.54, 1.807) is 24.3 Å². The molecule has 2 rings (SSSR count). The average Bonchev–Trinajstić information content (AvgIpc) is 3.10. The average molecular weight is 316 g/mol. The predicted octanol–water partition coefficient (Wildman–Crippen LogP) is 1.91.